The Balaban J connectivity index is 1.53. The smallest absolute Gasteiger partial charge is 0.420 e. The Morgan fingerprint density at radius 2 is 1.61 bits per heavy atom. The molecule has 5 atom stereocenters. The van der Waals surface area contributed by atoms with Crippen molar-refractivity contribution in [3.8, 4) is 5.75 Å². The van der Waals surface area contributed by atoms with Gasteiger partial charge in [0.05, 0.1) is 28.8 Å². The van der Waals surface area contributed by atoms with Crippen molar-refractivity contribution in [1.82, 2.24) is 4.57 Å². The molecule has 236 valence electrons. The van der Waals surface area contributed by atoms with Crippen LogP contribution in [0, 0.1) is 5.82 Å². The molecule has 0 radical (unpaired) electrons. The van der Waals surface area contributed by atoms with Crippen LogP contribution in [0.25, 0.3) is 11.0 Å². The van der Waals surface area contributed by atoms with Crippen molar-refractivity contribution in [2.75, 3.05) is 13.2 Å². The summed E-state index contributed by atoms with van der Waals surface area (Å²) in [5, 5.41) is 0.296. The quantitative estimate of drug-likeness (QED) is 0.193. The van der Waals surface area contributed by atoms with Crippen LogP contribution in [0.4, 0.5) is 10.1 Å². The van der Waals surface area contributed by atoms with Crippen molar-refractivity contribution in [1.29, 1.82) is 0 Å². The first kappa shape index (κ1) is 32.6. The van der Waals surface area contributed by atoms with Gasteiger partial charge in [0, 0.05) is 27.8 Å². The van der Waals surface area contributed by atoms with Crippen LogP contribution in [-0.4, -0.2) is 66.4 Å². The van der Waals surface area contributed by atoms with Crippen molar-refractivity contribution >= 4 is 46.2 Å². The van der Waals surface area contributed by atoms with Gasteiger partial charge in [0.2, 0.25) is 0 Å². The molecule has 0 amide bonds. The number of aromatic nitrogens is 1. The summed E-state index contributed by atoms with van der Waals surface area (Å²) in [6.45, 7) is 5.03. The van der Waals surface area contributed by atoms with Crippen molar-refractivity contribution in [2.24, 2.45) is 12.0 Å². The molecule has 0 spiro atoms. The summed E-state index contributed by atoms with van der Waals surface area (Å²) in [7, 11) is 1.47. The van der Waals surface area contributed by atoms with Gasteiger partial charge in [0.25, 0.3) is 0 Å². The fraction of sp³-hybridized carbons (Fsp3) is 0.414. The third-order valence-corrected chi connectivity index (χ3v) is 6.68. The number of carbonyl (C=O) groups excluding carboxylic acids is 3. The third-order valence-electron chi connectivity index (χ3n) is 6.39. The van der Waals surface area contributed by atoms with Gasteiger partial charge in [-0.05, 0) is 43.3 Å². The van der Waals surface area contributed by atoms with Crippen LogP contribution in [0.2, 0.25) is 5.02 Å². The molecule has 1 aliphatic heterocycles. The molecule has 1 aliphatic rings. The van der Waals surface area contributed by atoms with E-state index in [0.717, 1.165) is 13.0 Å². The van der Waals surface area contributed by atoms with Gasteiger partial charge >= 0.3 is 23.7 Å². The maximum absolute atomic E-state index is 13.6. The highest BCUT2D eigenvalue weighted by molar-refractivity contribution is 6.31. The van der Waals surface area contributed by atoms with Gasteiger partial charge in [-0.15, -0.1) is 0 Å². The molecule has 44 heavy (non-hydrogen) atoms. The highest BCUT2D eigenvalue weighted by Crippen LogP contribution is 2.29. The van der Waals surface area contributed by atoms with Gasteiger partial charge in [0.1, 0.15) is 29.2 Å². The summed E-state index contributed by atoms with van der Waals surface area (Å²) < 4.78 is 53.7. The maximum Gasteiger partial charge on any atom is 0.420 e. The van der Waals surface area contributed by atoms with Crippen molar-refractivity contribution in [3.05, 3.63) is 63.3 Å². The summed E-state index contributed by atoms with van der Waals surface area (Å²) in [4.78, 5) is 52.2. The summed E-state index contributed by atoms with van der Waals surface area (Å²) >= 11 is 5.89. The minimum absolute atomic E-state index is 0.0128. The standard InChI is InChI=1S/C29H30ClFN2O11/c1-14-24(41-15(2)34)25(42-16(3)35)26(43-17(4)36)28(40-14)39-11-10-38-19-7-9-23-20(13-19)27(33(5)29(37)44-23)32-18-6-8-22(31)21(30)12-18/h6-9,12-14,24-26,28H,10-11H2,1-5H3/t14-,24-,25+,26+,28+/m0/s1. The minimum atomic E-state index is -1.25. The molecule has 0 aliphatic carbocycles. The summed E-state index contributed by atoms with van der Waals surface area (Å²) in [6.07, 6.45) is -5.46. The van der Waals surface area contributed by atoms with Crippen LogP contribution in [-0.2, 0) is 45.1 Å². The molecule has 3 aromatic rings. The summed E-state index contributed by atoms with van der Waals surface area (Å²) in [5.41, 5.74) is 0.760. The Labute approximate surface area is 255 Å². The van der Waals surface area contributed by atoms with Crippen LogP contribution in [0.5, 0.6) is 5.75 Å². The lowest BCUT2D eigenvalue weighted by atomic mass is 9.99. The second kappa shape index (κ2) is 14.0. The van der Waals surface area contributed by atoms with E-state index in [-0.39, 0.29) is 29.3 Å². The zero-order chi connectivity index (χ0) is 32.1. The molecule has 2 heterocycles. The Hall–Kier alpha value is -4.27. The highest BCUT2D eigenvalue weighted by atomic mass is 35.5. The Kier molecular flexibility index (Phi) is 10.4. The number of hydrogen-bond acceptors (Lipinski definition) is 12. The fourth-order valence-electron chi connectivity index (χ4n) is 4.53. The number of esters is 3. The first-order valence-corrected chi connectivity index (χ1v) is 13.8. The number of fused-ring (bicyclic) bond motifs is 1. The topological polar surface area (TPSA) is 154 Å². The number of benzene rings is 2. The van der Waals surface area contributed by atoms with Crippen molar-refractivity contribution in [3.63, 3.8) is 0 Å². The molecule has 1 saturated heterocycles. The second-order valence-electron chi connectivity index (χ2n) is 9.77. The number of hydrogen-bond donors (Lipinski definition) is 0. The minimum Gasteiger partial charge on any atom is -0.491 e. The average Bonchev–Trinajstić information content (AvgIpc) is 2.94. The molecule has 1 aromatic heterocycles. The van der Waals surface area contributed by atoms with E-state index in [1.54, 1.807) is 19.1 Å². The lowest BCUT2D eigenvalue weighted by molar-refractivity contribution is -0.301. The monoisotopic (exact) mass is 636 g/mol. The van der Waals surface area contributed by atoms with E-state index < -0.39 is 60.2 Å². The van der Waals surface area contributed by atoms with E-state index in [2.05, 4.69) is 4.99 Å². The zero-order valence-electron chi connectivity index (χ0n) is 24.4. The zero-order valence-corrected chi connectivity index (χ0v) is 25.2. The van der Waals surface area contributed by atoms with Crippen LogP contribution in [0.1, 0.15) is 27.7 Å². The van der Waals surface area contributed by atoms with Crippen LogP contribution < -0.4 is 16.0 Å². The largest absolute Gasteiger partial charge is 0.491 e. The summed E-state index contributed by atoms with van der Waals surface area (Å²) in [5.74, 6) is -2.93. The van der Waals surface area contributed by atoms with E-state index in [0.29, 0.717) is 16.8 Å². The fourth-order valence-corrected chi connectivity index (χ4v) is 4.71. The molecule has 0 unspecified atom stereocenters. The highest BCUT2D eigenvalue weighted by Gasteiger charge is 2.50. The molecule has 2 aromatic carbocycles. The van der Waals surface area contributed by atoms with Gasteiger partial charge in [0.15, 0.2) is 24.6 Å². The number of carbonyl (C=O) groups is 3. The van der Waals surface area contributed by atoms with Crippen LogP contribution >= 0.6 is 11.6 Å². The van der Waals surface area contributed by atoms with Gasteiger partial charge < -0.3 is 32.8 Å². The normalized spacial score (nSPS) is 22.0. The molecule has 4 rings (SSSR count). The van der Waals surface area contributed by atoms with E-state index >= 15 is 0 Å². The maximum atomic E-state index is 13.6. The SMILES string of the molecule is CC(=O)O[C@@H]1[C@@H](OC(C)=O)[C@H](C)O[C@@H](OCCOc2ccc3oc(=O)n(C)c(=Nc4ccc(F)c(Cl)c4)c3c2)[C@@H]1OC(C)=O. The third kappa shape index (κ3) is 7.81. The molecular formula is C29H30ClFN2O11. The molecule has 0 saturated carbocycles. The Bertz CT molecular complexity index is 1690. The van der Waals surface area contributed by atoms with E-state index in [1.807, 2.05) is 0 Å². The number of nitrogens with zero attached hydrogens (tertiary/aromatic N) is 2. The van der Waals surface area contributed by atoms with Crippen molar-refractivity contribution < 1.29 is 51.6 Å². The first-order valence-electron chi connectivity index (χ1n) is 13.4. The van der Waals surface area contributed by atoms with Gasteiger partial charge in [-0.25, -0.2) is 14.2 Å². The Morgan fingerprint density at radius 3 is 2.27 bits per heavy atom. The molecule has 15 heteroatoms. The lowest BCUT2D eigenvalue weighted by Crippen LogP contribution is -2.61. The predicted octanol–water partition coefficient (Wildman–Crippen LogP) is 3.09. The molecular weight excluding hydrogens is 607 g/mol. The van der Waals surface area contributed by atoms with Crippen LogP contribution in [0.15, 0.2) is 50.6 Å². The van der Waals surface area contributed by atoms with E-state index in [9.17, 15) is 23.6 Å². The van der Waals surface area contributed by atoms with Crippen LogP contribution in [0.3, 0.4) is 0 Å². The first-order chi connectivity index (χ1) is 20.8. The second-order valence-corrected chi connectivity index (χ2v) is 10.2. The molecule has 0 N–H and O–H groups in total. The Morgan fingerprint density at radius 1 is 0.955 bits per heavy atom. The summed E-state index contributed by atoms with van der Waals surface area (Å²) in [6, 6.07) is 8.61. The predicted molar refractivity (Wildman–Crippen MR) is 151 cm³/mol. The van der Waals surface area contributed by atoms with Gasteiger partial charge in [-0.1, -0.05) is 11.6 Å². The lowest BCUT2D eigenvalue weighted by Gasteiger charge is -2.43. The molecule has 1 fully saturated rings. The van der Waals surface area contributed by atoms with E-state index in [4.69, 9.17) is 44.4 Å². The number of ether oxygens (including phenoxy) is 6. The van der Waals surface area contributed by atoms with E-state index in [1.165, 1.54) is 43.7 Å². The average molecular weight is 637 g/mol. The van der Waals surface area contributed by atoms with Crippen molar-refractivity contribution in [2.45, 2.75) is 58.4 Å². The number of rotatable bonds is 9. The molecule has 0 bridgehead atoms. The van der Waals surface area contributed by atoms with Gasteiger partial charge in [-0.3, -0.25) is 19.0 Å². The molecule has 13 nitrogen and oxygen atoms in total. The number of halogens is 2. The van der Waals surface area contributed by atoms with Gasteiger partial charge in [-0.2, -0.15) is 0 Å².